The topological polar surface area (TPSA) is 90.6 Å². The Balaban J connectivity index is 1.42. The van der Waals surface area contributed by atoms with Crippen LogP contribution in [0.25, 0.3) is 0 Å². The standard InChI is InChI=1S/C23H30FN5O3/c1-16-18(22(31)27-23(25-16)29-11-13-32-14-12-29)6-8-21(30)26-19-15-17(24)5-7-20(19)28-9-3-2-4-10-28/h5,7,15H,2-4,6,8-14H2,1H3,(H,26,30)(H,25,27,31). The Morgan fingerprint density at radius 2 is 1.91 bits per heavy atom. The molecule has 0 unspecified atom stereocenters. The number of nitrogens with one attached hydrogen (secondary N) is 2. The van der Waals surface area contributed by atoms with E-state index >= 15 is 0 Å². The van der Waals surface area contributed by atoms with Crippen LogP contribution in [0.5, 0.6) is 0 Å². The fourth-order valence-corrected chi connectivity index (χ4v) is 4.29. The highest BCUT2D eigenvalue weighted by Gasteiger charge is 2.19. The molecule has 2 aromatic rings. The molecule has 1 amide bonds. The number of carbonyl (C=O) groups is 1. The summed E-state index contributed by atoms with van der Waals surface area (Å²) in [5, 5.41) is 2.85. The summed E-state index contributed by atoms with van der Waals surface area (Å²) in [7, 11) is 0. The van der Waals surface area contributed by atoms with Crippen molar-refractivity contribution in [3.8, 4) is 0 Å². The second-order valence-electron chi connectivity index (χ2n) is 8.31. The molecule has 2 N–H and O–H groups in total. The van der Waals surface area contributed by atoms with Crippen molar-refractivity contribution in [2.75, 3.05) is 54.5 Å². The number of piperidine rings is 1. The Hall–Kier alpha value is -2.94. The van der Waals surface area contributed by atoms with Crippen molar-refractivity contribution in [2.45, 2.75) is 39.0 Å². The highest BCUT2D eigenvalue weighted by atomic mass is 19.1. The van der Waals surface area contributed by atoms with Gasteiger partial charge >= 0.3 is 0 Å². The molecule has 2 saturated heterocycles. The van der Waals surface area contributed by atoms with Crippen molar-refractivity contribution < 1.29 is 13.9 Å². The minimum atomic E-state index is -0.392. The predicted octanol–water partition coefficient (Wildman–Crippen LogP) is 2.62. The number of rotatable bonds is 6. The molecule has 0 radical (unpaired) electrons. The SMILES string of the molecule is Cc1nc(N2CCOCC2)[nH]c(=O)c1CCC(=O)Nc1cc(F)ccc1N1CCCCC1. The van der Waals surface area contributed by atoms with E-state index in [9.17, 15) is 14.0 Å². The molecule has 2 fully saturated rings. The third-order valence-electron chi connectivity index (χ3n) is 6.05. The van der Waals surface area contributed by atoms with Crippen LogP contribution in [0.1, 0.15) is 36.9 Å². The first-order chi connectivity index (χ1) is 15.5. The number of amides is 1. The van der Waals surface area contributed by atoms with E-state index in [0.29, 0.717) is 49.2 Å². The number of morpholine rings is 1. The number of benzene rings is 1. The van der Waals surface area contributed by atoms with Crippen LogP contribution in [0.2, 0.25) is 0 Å². The van der Waals surface area contributed by atoms with Crippen molar-refractivity contribution in [2.24, 2.45) is 0 Å². The highest BCUT2D eigenvalue weighted by Crippen LogP contribution is 2.29. The van der Waals surface area contributed by atoms with Crippen LogP contribution in [-0.4, -0.2) is 55.3 Å². The number of aromatic amines is 1. The van der Waals surface area contributed by atoms with Gasteiger partial charge in [0.2, 0.25) is 11.9 Å². The van der Waals surface area contributed by atoms with Crippen molar-refractivity contribution in [1.82, 2.24) is 9.97 Å². The first-order valence-corrected chi connectivity index (χ1v) is 11.3. The van der Waals surface area contributed by atoms with Crippen LogP contribution in [0.3, 0.4) is 0 Å². The zero-order valence-corrected chi connectivity index (χ0v) is 18.5. The predicted molar refractivity (Wildman–Crippen MR) is 122 cm³/mol. The lowest BCUT2D eigenvalue weighted by Crippen LogP contribution is -2.38. The summed E-state index contributed by atoms with van der Waals surface area (Å²) >= 11 is 0. The molecule has 4 rings (SSSR count). The van der Waals surface area contributed by atoms with E-state index < -0.39 is 5.82 Å². The first-order valence-electron chi connectivity index (χ1n) is 11.3. The lowest BCUT2D eigenvalue weighted by molar-refractivity contribution is -0.116. The van der Waals surface area contributed by atoms with E-state index in [0.717, 1.165) is 31.6 Å². The third-order valence-corrected chi connectivity index (χ3v) is 6.05. The average molecular weight is 444 g/mol. The zero-order valence-electron chi connectivity index (χ0n) is 18.5. The van der Waals surface area contributed by atoms with Crippen molar-refractivity contribution >= 4 is 23.2 Å². The number of H-pyrrole nitrogens is 1. The highest BCUT2D eigenvalue weighted by molar-refractivity contribution is 5.94. The summed E-state index contributed by atoms with van der Waals surface area (Å²) in [5.74, 6) is -0.115. The van der Waals surface area contributed by atoms with Gasteiger partial charge in [-0.25, -0.2) is 9.37 Å². The van der Waals surface area contributed by atoms with Crippen LogP contribution in [-0.2, 0) is 16.0 Å². The summed E-state index contributed by atoms with van der Waals surface area (Å²) in [6, 6.07) is 4.50. The maximum atomic E-state index is 13.9. The summed E-state index contributed by atoms with van der Waals surface area (Å²) in [4.78, 5) is 36.8. The summed E-state index contributed by atoms with van der Waals surface area (Å²) in [6.45, 7) is 6.13. The Kier molecular flexibility index (Phi) is 7.04. The van der Waals surface area contributed by atoms with Crippen molar-refractivity contribution in [3.05, 3.63) is 45.6 Å². The van der Waals surface area contributed by atoms with Crippen LogP contribution in [0, 0.1) is 12.7 Å². The van der Waals surface area contributed by atoms with Gasteiger partial charge in [0.25, 0.3) is 5.56 Å². The number of ether oxygens (including phenoxy) is 1. The maximum Gasteiger partial charge on any atom is 0.255 e. The van der Waals surface area contributed by atoms with Gasteiger partial charge in [-0.3, -0.25) is 14.6 Å². The van der Waals surface area contributed by atoms with E-state index in [1.54, 1.807) is 13.0 Å². The molecule has 8 nitrogen and oxygen atoms in total. The molecule has 0 aliphatic carbocycles. The molecule has 2 aliphatic rings. The van der Waals surface area contributed by atoms with E-state index in [1.165, 1.54) is 18.6 Å². The Labute approximate surface area is 186 Å². The number of hydrogen-bond donors (Lipinski definition) is 2. The van der Waals surface area contributed by atoms with E-state index in [4.69, 9.17) is 4.74 Å². The lowest BCUT2D eigenvalue weighted by atomic mass is 10.1. The van der Waals surface area contributed by atoms with Crippen molar-refractivity contribution in [1.29, 1.82) is 0 Å². The Morgan fingerprint density at radius 1 is 1.16 bits per heavy atom. The summed E-state index contributed by atoms with van der Waals surface area (Å²) in [5.41, 5.74) is 2.19. The van der Waals surface area contributed by atoms with Crippen LogP contribution < -0.4 is 20.7 Å². The Bertz CT molecular complexity index is 1010. The Morgan fingerprint density at radius 3 is 2.62 bits per heavy atom. The van der Waals surface area contributed by atoms with Gasteiger partial charge in [0.05, 0.1) is 24.6 Å². The molecule has 2 aliphatic heterocycles. The molecule has 0 bridgehead atoms. The third kappa shape index (κ3) is 5.27. The second kappa shape index (κ2) is 10.1. The molecule has 1 aromatic carbocycles. The smallest absolute Gasteiger partial charge is 0.255 e. The van der Waals surface area contributed by atoms with Gasteiger partial charge in [-0.1, -0.05) is 0 Å². The van der Waals surface area contributed by atoms with Crippen LogP contribution in [0.15, 0.2) is 23.0 Å². The number of nitrogens with zero attached hydrogens (tertiary/aromatic N) is 3. The molecule has 32 heavy (non-hydrogen) atoms. The molecule has 3 heterocycles. The zero-order chi connectivity index (χ0) is 22.5. The van der Waals surface area contributed by atoms with E-state index in [-0.39, 0.29) is 24.3 Å². The minimum Gasteiger partial charge on any atom is -0.378 e. The largest absolute Gasteiger partial charge is 0.378 e. The van der Waals surface area contributed by atoms with E-state index in [1.807, 2.05) is 4.90 Å². The van der Waals surface area contributed by atoms with Gasteiger partial charge in [0, 0.05) is 43.9 Å². The molecule has 0 spiro atoms. The second-order valence-corrected chi connectivity index (χ2v) is 8.31. The fourth-order valence-electron chi connectivity index (χ4n) is 4.29. The van der Waals surface area contributed by atoms with E-state index in [2.05, 4.69) is 20.2 Å². The summed E-state index contributed by atoms with van der Waals surface area (Å²) < 4.78 is 19.2. The fraction of sp³-hybridized carbons (Fsp3) is 0.522. The average Bonchev–Trinajstić information content (AvgIpc) is 2.79. The molecule has 9 heteroatoms. The van der Waals surface area contributed by atoms with Crippen LogP contribution >= 0.6 is 0 Å². The molecular formula is C23H30FN5O3. The molecule has 172 valence electrons. The molecule has 0 atom stereocenters. The van der Waals surface area contributed by atoms with Crippen molar-refractivity contribution in [3.63, 3.8) is 0 Å². The number of aromatic nitrogens is 2. The van der Waals surface area contributed by atoms with Gasteiger partial charge in [-0.05, 0) is 50.8 Å². The van der Waals surface area contributed by atoms with Gasteiger partial charge in [0.1, 0.15) is 5.82 Å². The van der Waals surface area contributed by atoms with Gasteiger partial charge in [-0.15, -0.1) is 0 Å². The summed E-state index contributed by atoms with van der Waals surface area (Å²) in [6.07, 6.45) is 3.72. The monoisotopic (exact) mass is 443 g/mol. The number of halogens is 1. The van der Waals surface area contributed by atoms with Gasteiger partial charge in [0.15, 0.2) is 0 Å². The number of carbonyl (C=O) groups excluding carboxylic acids is 1. The van der Waals surface area contributed by atoms with Crippen LogP contribution in [0.4, 0.5) is 21.7 Å². The first kappa shape index (κ1) is 22.3. The van der Waals surface area contributed by atoms with Gasteiger partial charge < -0.3 is 19.9 Å². The molecule has 1 aromatic heterocycles. The number of hydrogen-bond acceptors (Lipinski definition) is 6. The normalized spacial score (nSPS) is 16.8. The minimum absolute atomic E-state index is 0.110. The quantitative estimate of drug-likeness (QED) is 0.713. The molecule has 0 saturated carbocycles. The number of aryl methyl sites for hydroxylation is 1. The maximum absolute atomic E-state index is 13.9. The lowest BCUT2D eigenvalue weighted by Gasteiger charge is -2.30. The number of anilines is 3. The van der Waals surface area contributed by atoms with Gasteiger partial charge in [-0.2, -0.15) is 0 Å². The molecular weight excluding hydrogens is 413 g/mol.